The monoisotopic (exact) mass is 288 g/mol. The van der Waals surface area contributed by atoms with E-state index in [1.807, 2.05) is 24.3 Å². The van der Waals surface area contributed by atoms with E-state index >= 15 is 0 Å². The lowest BCUT2D eigenvalue weighted by molar-refractivity contribution is -0.124. The Hall–Kier alpha value is -2.41. The van der Waals surface area contributed by atoms with Crippen molar-refractivity contribution in [1.82, 2.24) is 20.8 Å². The fourth-order valence-corrected chi connectivity index (χ4v) is 2.20. The van der Waals surface area contributed by atoms with E-state index in [4.69, 9.17) is 9.26 Å². The van der Waals surface area contributed by atoms with Gasteiger partial charge in [-0.1, -0.05) is 17.3 Å². The summed E-state index contributed by atoms with van der Waals surface area (Å²) in [6.07, 6.45) is 0.378. The van der Waals surface area contributed by atoms with Gasteiger partial charge in [0.2, 0.25) is 17.6 Å². The Morgan fingerprint density at radius 2 is 2.33 bits per heavy atom. The maximum absolute atomic E-state index is 11.7. The van der Waals surface area contributed by atoms with Crippen LogP contribution in [0.4, 0.5) is 0 Å². The highest BCUT2D eigenvalue weighted by Crippen LogP contribution is 2.21. The molecular weight excluding hydrogens is 272 g/mol. The Balaban J connectivity index is 1.75. The molecule has 3 rings (SSSR count). The average molecular weight is 288 g/mol. The van der Waals surface area contributed by atoms with Crippen molar-refractivity contribution in [3.05, 3.63) is 30.2 Å². The van der Waals surface area contributed by atoms with Crippen LogP contribution in [0.5, 0.6) is 5.75 Å². The van der Waals surface area contributed by atoms with Gasteiger partial charge in [0, 0.05) is 18.7 Å². The van der Waals surface area contributed by atoms with Gasteiger partial charge < -0.3 is 19.9 Å². The molecule has 1 aromatic carbocycles. The molecule has 1 aliphatic heterocycles. The normalized spacial score (nSPS) is 18.3. The van der Waals surface area contributed by atoms with Crippen LogP contribution in [0.3, 0.4) is 0 Å². The van der Waals surface area contributed by atoms with Gasteiger partial charge in [-0.2, -0.15) is 4.98 Å². The predicted octanol–water partition coefficient (Wildman–Crippen LogP) is 0.376. The summed E-state index contributed by atoms with van der Waals surface area (Å²) in [6, 6.07) is 7.10. The Kier molecular flexibility index (Phi) is 3.83. The van der Waals surface area contributed by atoms with Crippen molar-refractivity contribution in [3.63, 3.8) is 0 Å². The molecule has 0 radical (unpaired) electrons. The number of carbonyl (C=O) groups excluding carboxylic acids is 1. The Bertz CT molecular complexity index is 641. The van der Waals surface area contributed by atoms with Crippen LogP contribution in [0.1, 0.15) is 5.89 Å². The average Bonchev–Trinajstić information content (AvgIpc) is 2.98. The number of benzene rings is 1. The fourth-order valence-electron chi connectivity index (χ4n) is 2.20. The molecule has 1 fully saturated rings. The number of carbonyl (C=O) groups is 1. The number of rotatable bonds is 4. The van der Waals surface area contributed by atoms with Crippen LogP contribution in [-0.4, -0.2) is 42.3 Å². The summed E-state index contributed by atoms with van der Waals surface area (Å²) in [5.41, 5.74) is 0.811. The van der Waals surface area contributed by atoms with Gasteiger partial charge in [-0.05, 0) is 12.1 Å². The van der Waals surface area contributed by atoms with Gasteiger partial charge in [0.05, 0.1) is 19.6 Å². The van der Waals surface area contributed by atoms with Crippen LogP contribution in [-0.2, 0) is 11.2 Å². The van der Waals surface area contributed by atoms with E-state index in [9.17, 15) is 4.79 Å². The fraction of sp³-hybridized carbons (Fsp3) is 0.357. The van der Waals surface area contributed by atoms with E-state index in [0.717, 1.165) is 17.9 Å². The lowest BCUT2D eigenvalue weighted by atomic mass is 10.1. The maximum atomic E-state index is 11.7. The number of methoxy groups -OCH3 is 1. The molecule has 7 heteroatoms. The Morgan fingerprint density at radius 3 is 3.14 bits per heavy atom. The molecule has 1 amide bonds. The summed E-state index contributed by atoms with van der Waals surface area (Å²) in [7, 11) is 1.61. The summed E-state index contributed by atoms with van der Waals surface area (Å²) in [6.45, 7) is 1.39. The van der Waals surface area contributed by atoms with Gasteiger partial charge in [-0.15, -0.1) is 0 Å². The quantitative estimate of drug-likeness (QED) is 0.845. The van der Waals surface area contributed by atoms with Crippen molar-refractivity contribution < 1.29 is 14.1 Å². The second-order valence-corrected chi connectivity index (χ2v) is 4.75. The standard InChI is InChI=1S/C14H16N4O3/c1-20-10-4-2-3-9(7-10)13-17-12(21-18-13)8-11-14(19)16-6-5-15-11/h2-4,7,11,15H,5-6,8H2,1H3,(H,16,19). The lowest BCUT2D eigenvalue weighted by Crippen LogP contribution is -2.53. The maximum Gasteiger partial charge on any atom is 0.237 e. The SMILES string of the molecule is COc1cccc(-c2noc(CC3NCCNC3=O)n2)c1. The second kappa shape index (κ2) is 5.92. The Morgan fingerprint density at radius 1 is 1.43 bits per heavy atom. The third kappa shape index (κ3) is 3.03. The van der Waals surface area contributed by atoms with Gasteiger partial charge in [-0.25, -0.2) is 0 Å². The highest BCUT2D eigenvalue weighted by Gasteiger charge is 2.24. The molecular formula is C14H16N4O3. The minimum absolute atomic E-state index is 0.0395. The molecule has 110 valence electrons. The van der Waals surface area contributed by atoms with Crippen molar-refractivity contribution in [2.24, 2.45) is 0 Å². The molecule has 0 saturated carbocycles. The molecule has 1 saturated heterocycles. The third-order valence-corrected chi connectivity index (χ3v) is 3.31. The number of nitrogens with zero attached hydrogens (tertiary/aromatic N) is 2. The number of piperazine rings is 1. The molecule has 1 aromatic heterocycles. The van der Waals surface area contributed by atoms with Gasteiger partial charge in [0.1, 0.15) is 5.75 Å². The molecule has 0 aliphatic carbocycles. The van der Waals surface area contributed by atoms with Crippen LogP contribution in [0, 0.1) is 0 Å². The minimum Gasteiger partial charge on any atom is -0.497 e. The number of hydrogen-bond donors (Lipinski definition) is 2. The molecule has 21 heavy (non-hydrogen) atoms. The summed E-state index contributed by atoms with van der Waals surface area (Å²) in [5, 5.41) is 9.87. The van der Waals surface area contributed by atoms with E-state index in [1.54, 1.807) is 7.11 Å². The summed E-state index contributed by atoms with van der Waals surface area (Å²) >= 11 is 0. The smallest absolute Gasteiger partial charge is 0.237 e. The predicted molar refractivity (Wildman–Crippen MR) is 74.8 cm³/mol. The molecule has 1 atom stereocenters. The second-order valence-electron chi connectivity index (χ2n) is 4.75. The topological polar surface area (TPSA) is 89.3 Å². The first-order valence-electron chi connectivity index (χ1n) is 6.74. The number of aromatic nitrogens is 2. The number of nitrogens with one attached hydrogen (secondary N) is 2. The van der Waals surface area contributed by atoms with Crippen LogP contribution >= 0.6 is 0 Å². The van der Waals surface area contributed by atoms with Crippen LogP contribution in [0.25, 0.3) is 11.4 Å². The van der Waals surface area contributed by atoms with Crippen molar-refractivity contribution in [1.29, 1.82) is 0 Å². The molecule has 0 spiro atoms. The molecule has 2 heterocycles. The number of ether oxygens (including phenoxy) is 1. The third-order valence-electron chi connectivity index (χ3n) is 3.31. The van der Waals surface area contributed by atoms with Crippen molar-refractivity contribution in [3.8, 4) is 17.1 Å². The largest absolute Gasteiger partial charge is 0.497 e. The molecule has 2 N–H and O–H groups in total. The molecule has 2 aromatic rings. The Labute approximate surface area is 121 Å². The first-order valence-corrected chi connectivity index (χ1v) is 6.74. The van der Waals surface area contributed by atoms with Crippen molar-refractivity contribution >= 4 is 5.91 Å². The zero-order valence-corrected chi connectivity index (χ0v) is 11.6. The first kappa shape index (κ1) is 13.6. The summed E-state index contributed by atoms with van der Waals surface area (Å²) in [5.74, 6) is 1.61. The van der Waals surface area contributed by atoms with Gasteiger partial charge in [0.25, 0.3) is 0 Å². The first-order chi connectivity index (χ1) is 10.3. The number of hydrogen-bond acceptors (Lipinski definition) is 6. The molecule has 1 aliphatic rings. The summed E-state index contributed by atoms with van der Waals surface area (Å²) < 4.78 is 10.4. The zero-order chi connectivity index (χ0) is 14.7. The van der Waals surface area contributed by atoms with Crippen LogP contribution in [0.15, 0.2) is 28.8 Å². The van der Waals surface area contributed by atoms with E-state index in [0.29, 0.717) is 24.7 Å². The lowest BCUT2D eigenvalue weighted by Gasteiger charge is -2.21. The van der Waals surface area contributed by atoms with E-state index in [-0.39, 0.29) is 11.9 Å². The highest BCUT2D eigenvalue weighted by atomic mass is 16.5. The van der Waals surface area contributed by atoms with E-state index < -0.39 is 0 Å². The minimum atomic E-state index is -0.322. The van der Waals surface area contributed by atoms with E-state index in [1.165, 1.54) is 0 Å². The van der Waals surface area contributed by atoms with Crippen molar-refractivity contribution in [2.45, 2.75) is 12.5 Å². The summed E-state index contributed by atoms with van der Waals surface area (Å²) in [4.78, 5) is 16.0. The van der Waals surface area contributed by atoms with E-state index in [2.05, 4.69) is 20.8 Å². The van der Waals surface area contributed by atoms with Gasteiger partial charge in [-0.3, -0.25) is 4.79 Å². The molecule has 1 unspecified atom stereocenters. The van der Waals surface area contributed by atoms with Crippen molar-refractivity contribution in [2.75, 3.05) is 20.2 Å². The highest BCUT2D eigenvalue weighted by molar-refractivity contribution is 5.82. The van der Waals surface area contributed by atoms with Gasteiger partial charge >= 0.3 is 0 Å². The molecule has 0 bridgehead atoms. The zero-order valence-electron chi connectivity index (χ0n) is 11.6. The van der Waals surface area contributed by atoms with Crippen LogP contribution < -0.4 is 15.4 Å². The number of amides is 1. The van der Waals surface area contributed by atoms with Crippen LogP contribution in [0.2, 0.25) is 0 Å². The van der Waals surface area contributed by atoms with Gasteiger partial charge in [0.15, 0.2) is 0 Å². The molecule has 7 nitrogen and oxygen atoms in total.